The van der Waals surface area contributed by atoms with Gasteiger partial charge in [-0.25, -0.2) is 0 Å². The molecule has 0 saturated carbocycles. The lowest BCUT2D eigenvalue weighted by molar-refractivity contribution is -0.126. The van der Waals surface area contributed by atoms with Gasteiger partial charge in [0.15, 0.2) is 0 Å². The zero-order valence-corrected chi connectivity index (χ0v) is 13.5. The first-order valence-corrected chi connectivity index (χ1v) is 8.26. The minimum Gasteiger partial charge on any atom is -0.356 e. The number of benzene rings is 1. The van der Waals surface area contributed by atoms with Crippen LogP contribution in [-0.2, 0) is 16.0 Å². The van der Waals surface area contributed by atoms with Crippen LogP contribution in [0.25, 0.3) is 0 Å². The molecule has 1 N–H and O–H groups in total. The van der Waals surface area contributed by atoms with Crippen molar-refractivity contribution in [3.8, 4) is 0 Å². The number of aryl methyl sites for hydroxylation is 1. The van der Waals surface area contributed by atoms with E-state index in [1.54, 1.807) is 11.1 Å². The Balaban J connectivity index is 1.45. The molecular formula is C19H21N3O2. The van der Waals surface area contributed by atoms with E-state index in [0.717, 1.165) is 24.1 Å². The summed E-state index contributed by atoms with van der Waals surface area (Å²) in [5, 5.41) is 2.95. The summed E-state index contributed by atoms with van der Waals surface area (Å²) in [7, 11) is 0. The zero-order chi connectivity index (χ0) is 16.8. The minimum atomic E-state index is -0.268. The fourth-order valence-corrected chi connectivity index (χ4v) is 2.94. The van der Waals surface area contributed by atoms with Gasteiger partial charge in [0, 0.05) is 37.6 Å². The van der Waals surface area contributed by atoms with Gasteiger partial charge in [0.05, 0.1) is 5.92 Å². The second-order valence-electron chi connectivity index (χ2n) is 6.00. The Hall–Kier alpha value is -2.69. The molecule has 2 aromatic rings. The van der Waals surface area contributed by atoms with Crippen molar-refractivity contribution < 1.29 is 9.59 Å². The number of carbonyl (C=O) groups is 2. The van der Waals surface area contributed by atoms with Crippen LogP contribution in [0, 0.1) is 5.92 Å². The molecule has 3 rings (SSSR count). The van der Waals surface area contributed by atoms with E-state index in [-0.39, 0.29) is 24.2 Å². The SMILES string of the molecule is O=C(NCCCc1cccnc1)C1CC(=O)N(c2ccccc2)C1. The van der Waals surface area contributed by atoms with Crippen LogP contribution in [0.3, 0.4) is 0 Å². The largest absolute Gasteiger partial charge is 0.356 e. The van der Waals surface area contributed by atoms with E-state index in [0.29, 0.717) is 13.1 Å². The highest BCUT2D eigenvalue weighted by molar-refractivity contribution is 6.00. The summed E-state index contributed by atoms with van der Waals surface area (Å²) in [5.74, 6) is -0.291. The summed E-state index contributed by atoms with van der Waals surface area (Å²) >= 11 is 0. The van der Waals surface area contributed by atoms with Gasteiger partial charge in [-0.15, -0.1) is 0 Å². The van der Waals surface area contributed by atoms with E-state index >= 15 is 0 Å². The predicted molar refractivity (Wildman–Crippen MR) is 92.5 cm³/mol. The van der Waals surface area contributed by atoms with Crippen LogP contribution in [0.5, 0.6) is 0 Å². The van der Waals surface area contributed by atoms with Gasteiger partial charge >= 0.3 is 0 Å². The van der Waals surface area contributed by atoms with Crippen LogP contribution in [0.2, 0.25) is 0 Å². The van der Waals surface area contributed by atoms with Crippen molar-refractivity contribution in [3.63, 3.8) is 0 Å². The Morgan fingerprint density at radius 3 is 2.79 bits per heavy atom. The molecule has 0 spiro atoms. The third kappa shape index (κ3) is 3.98. The van der Waals surface area contributed by atoms with Crippen LogP contribution in [0.15, 0.2) is 54.9 Å². The fraction of sp³-hybridized carbons (Fsp3) is 0.316. The number of nitrogens with one attached hydrogen (secondary N) is 1. The number of anilines is 1. The highest BCUT2D eigenvalue weighted by Crippen LogP contribution is 2.24. The molecule has 0 radical (unpaired) electrons. The summed E-state index contributed by atoms with van der Waals surface area (Å²) in [6.07, 6.45) is 5.62. The Kier molecular flexibility index (Phi) is 5.21. The van der Waals surface area contributed by atoms with E-state index in [9.17, 15) is 9.59 Å². The molecule has 1 aliphatic rings. The number of aromatic nitrogens is 1. The lowest BCUT2D eigenvalue weighted by Gasteiger charge is -2.16. The minimum absolute atomic E-state index is 0.0108. The molecule has 1 saturated heterocycles. The maximum absolute atomic E-state index is 12.3. The summed E-state index contributed by atoms with van der Waals surface area (Å²) in [5.41, 5.74) is 2.02. The lowest BCUT2D eigenvalue weighted by Crippen LogP contribution is -2.33. The predicted octanol–water partition coefficient (Wildman–Crippen LogP) is 2.18. The van der Waals surface area contributed by atoms with Gasteiger partial charge in [-0.3, -0.25) is 14.6 Å². The Labute approximate surface area is 141 Å². The van der Waals surface area contributed by atoms with Crippen molar-refractivity contribution in [1.82, 2.24) is 10.3 Å². The molecular weight excluding hydrogens is 302 g/mol. The van der Waals surface area contributed by atoms with Crippen LogP contribution >= 0.6 is 0 Å². The first kappa shape index (κ1) is 16.2. The summed E-state index contributed by atoms with van der Waals surface area (Å²) in [6, 6.07) is 13.4. The van der Waals surface area contributed by atoms with Gasteiger partial charge in [0.2, 0.25) is 11.8 Å². The Bertz CT molecular complexity index is 688. The summed E-state index contributed by atoms with van der Waals surface area (Å²) in [6.45, 7) is 1.07. The van der Waals surface area contributed by atoms with E-state index in [1.165, 1.54) is 0 Å². The second-order valence-corrected chi connectivity index (χ2v) is 6.00. The lowest BCUT2D eigenvalue weighted by atomic mass is 10.1. The topological polar surface area (TPSA) is 62.3 Å². The third-order valence-corrected chi connectivity index (χ3v) is 4.23. The van der Waals surface area contributed by atoms with E-state index in [1.807, 2.05) is 48.7 Å². The first-order chi connectivity index (χ1) is 11.7. The quantitative estimate of drug-likeness (QED) is 0.829. The monoisotopic (exact) mass is 323 g/mol. The molecule has 1 aliphatic heterocycles. The van der Waals surface area contributed by atoms with Gasteiger partial charge in [0.25, 0.3) is 0 Å². The van der Waals surface area contributed by atoms with Gasteiger partial charge in [-0.1, -0.05) is 24.3 Å². The number of hydrogen-bond acceptors (Lipinski definition) is 3. The average Bonchev–Trinajstić information content (AvgIpc) is 3.02. The average molecular weight is 323 g/mol. The maximum Gasteiger partial charge on any atom is 0.227 e. The fourth-order valence-electron chi connectivity index (χ4n) is 2.94. The van der Waals surface area contributed by atoms with Gasteiger partial charge in [-0.2, -0.15) is 0 Å². The molecule has 0 bridgehead atoms. The molecule has 1 fully saturated rings. The van der Waals surface area contributed by atoms with Gasteiger partial charge < -0.3 is 10.2 Å². The maximum atomic E-state index is 12.3. The Morgan fingerprint density at radius 2 is 2.04 bits per heavy atom. The highest BCUT2D eigenvalue weighted by Gasteiger charge is 2.34. The van der Waals surface area contributed by atoms with Crippen molar-refractivity contribution in [2.24, 2.45) is 5.92 Å². The van der Waals surface area contributed by atoms with E-state index < -0.39 is 0 Å². The first-order valence-electron chi connectivity index (χ1n) is 8.26. The molecule has 124 valence electrons. The number of carbonyl (C=O) groups excluding carboxylic acids is 2. The van der Waals surface area contributed by atoms with Gasteiger partial charge in [-0.05, 0) is 36.6 Å². The number of nitrogens with zero attached hydrogens (tertiary/aromatic N) is 2. The van der Waals surface area contributed by atoms with Crippen molar-refractivity contribution in [2.75, 3.05) is 18.0 Å². The van der Waals surface area contributed by atoms with Crippen LogP contribution in [0.1, 0.15) is 18.4 Å². The molecule has 1 aromatic carbocycles. The number of pyridine rings is 1. The van der Waals surface area contributed by atoms with Crippen LogP contribution < -0.4 is 10.2 Å². The van der Waals surface area contributed by atoms with Crippen LogP contribution in [-0.4, -0.2) is 29.9 Å². The number of para-hydroxylation sites is 1. The van der Waals surface area contributed by atoms with Gasteiger partial charge in [0.1, 0.15) is 0 Å². The Morgan fingerprint density at radius 1 is 1.21 bits per heavy atom. The normalized spacial score (nSPS) is 17.1. The van der Waals surface area contributed by atoms with E-state index in [2.05, 4.69) is 10.3 Å². The number of amides is 2. The molecule has 24 heavy (non-hydrogen) atoms. The van der Waals surface area contributed by atoms with Crippen molar-refractivity contribution >= 4 is 17.5 Å². The van der Waals surface area contributed by atoms with Crippen molar-refractivity contribution in [3.05, 3.63) is 60.4 Å². The molecule has 2 amide bonds. The molecule has 1 aromatic heterocycles. The van der Waals surface area contributed by atoms with Crippen LogP contribution in [0.4, 0.5) is 5.69 Å². The number of hydrogen-bond donors (Lipinski definition) is 1. The van der Waals surface area contributed by atoms with Crippen molar-refractivity contribution in [2.45, 2.75) is 19.3 Å². The summed E-state index contributed by atoms with van der Waals surface area (Å²) < 4.78 is 0. The molecule has 0 aliphatic carbocycles. The second kappa shape index (κ2) is 7.73. The highest BCUT2D eigenvalue weighted by atomic mass is 16.2. The molecule has 1 unspecified atom stereocenters. The molecule has 5 heteroatoms. The number of rotatable bonds is 6. The summed E-state index contributed by atoms with van der Waals surface area (Å²) in [4.78, 5) is 30.2. The van der Waals surface area contributed by atoms with E-state index in [4.69, 9.17) is 0 Å². The molecule has 1 atom stereocenters. The zero-order valence-electron chi connectivity index (χ0n) is 13.5. The van der Waals surface area contributed by atoms with Crippen molar-refractivity contribution in [1.29, 1.82) is 0 Å². The smallest absolute Gasteiger partial charge is 0.227 e. The molecule has 2 heterocycles. The molecule has 5 nitrogen and oxygen atoms in total. The third-order valence-electron chi connectivity index (χ3n) is 4.23. The standard InChI is InChI=1S/C19H21N3O2/c23-18-12-16(14-22(18)17-8-2-1-3-9-17)19(24)21-11-5-7-15-6-4-10-20-13-15/h1-4,6,8-10,13,16H,5,7,11-12,14H2,(H,21,24).